The van der Waals surface area contributed by atoms with Crippen molar-refractivity contribution < 1.29 is 9.18 Å². The van der Waals surface area contributed by atoms with Gasteiger partial charge in [-0.05, 0) is 30.8 Å². The van der Waals surface area contributed by atoms with E-state index in [2.05, 4.69) is 6.92 Å². The summed E-state index contributed by atoms with van der Waals surface area (Å²) in [7, 11) is 0. The van der Waals surface area contributed by atoms with E-state index in [0.29, 0.717) is 0 Å². The van der Waals surface area contributed by atoms with E-state index in [-0.39, 0.29) is 17.6 Å². The maximum atomic E-state index is 13.7. The Hall–Kier alpha value is -0.660. The summed E-state index contributed by atoms with van der Waals surface area (Å²) in [5.41, 5.74) is 0.785. The molecule has 0 radical (unpaired) electrons. The number of halogens is 1. The fraction of sp³-hybridized carbons (Fsp3) is 0.786. The maximum Gasteiger partial charge on any atom is 0.194 e. The zero-order valence-corrected chi connectivity index (χ0v) is 10.7. The third-order valence-corrected chi connectivity index (χ3v) is 3.73. The molecule has 0 aromatic rings. The molecule has 1 aliphatic rings. The molecule has 2 unspecified atom stereocenters. The molecule has 0 aromatic carbocycles. The van der Waals surface area contributed by atoms with E-state index < -0.39 is 5.83 Å². The lowest BCUT2D eigenvalue weighted by atomic mass is 9.88. The second kappa shape index (κ2) is 6.17. The first-order valence-corrected chi connectivity index (χ1v) is 6.56. The van der Waals surface area contributed by atoms with E-state index in [4.69, 9.17) is 0 Å². The molecular weight excluding hydrogens is 203 g/mol. The van der Waals surface area contributed by atoms with Crippen LogP contribution in [0.3, 0.4) is 0 Å². The van der Waals surface area contributed by atoms with Crippen LogP contribution in [0.2, 0.25) is 0 Å². The highest BCUT2D eigenvalue weighted by atomic mass is 19.1. The topological polar surface area (TPSA) is 17.1 Å². The third kappa shape index (κ3) is 2.72. The van der Waals surface area contributed by atoms with Gasteiger partial charge in [0, 0.05) is 5.92 Å². The molecule has 92 valence electrons. The molecule has 0 saturated carbocycles. The van der Waals surface area contributed by atoms with Crippen molar-refractivity contribution in [1.29, 1.82) is 0 Å². The minimum absolute atomic E-state index is 0.0961. The molecule has 16 heavy (non-hydrogen) atoms. The van der Waals surface area contributed by atoms with Crippen LogP contribution in [0.25, 0.3) is 0 Å². The van der Waals surface area contributed by atoms with Crippen LogP contribution < -0.4 is 0 Å². The average Bonchev–Trinajstić information content (AvgIpc) is 2.47. The molecule has 0 aromatic heterocycles. The summed E-state index contributed by atoms with van der Waals surface area (Å²) >= 11 is 0. The molecule has 0 spiro atoms. The van der Waals surface area contributed by atoms with Crippen molar-refractivity contribution in [1.82, 2.24) is 0 Å². The van der Waals surface area contributed by atoms with Gasteiger partial charge in [0.1, 0.15) is 0 Å². The number of carbonyl (C=O) groups excluding carboxylic acids is 1. The van der Waals surface area contributed by atoms with Crippen molar-refractivity contribution in [3.8, 4) is 0 Å². The molecule has 2 atom stereocenters. The van der Waals surface area contributed by atoms with Crippen LogP contribution in [0, 0.1) is 11.8 Å². The first kappa shape index (κ1) is 13.4. The van der Waals surface area contributed by atoms with E-state index in [1.165, 1.54) is 12.8 Å². The first-order valence-electron chi connectivity index (χ1n) is 6.56. The summed E-state index contributed by atoms with van der Waals surface area (Å²) in [6.45, 7) is 6.12. The minimum atomic E-state index is -0.421. The predicted octanol–water partition coefficient (Wildman–Crippen LogP) is 4.43. The van der Waals surface area contributed by atoms with Gasteiger partial charge in [-0.2, -0.15) is 0 Å². The van der Waals surface area contributed by atoms with E-state index in [9.17, 15) is 9.18 Å². The molecule has 2 heteroatoms. The number of Topliss-reactive ketones (excluding diaryl/α,β-unsaturated/α-hetero) is 1. The largest absolute Gasteiger partial charge is 0.291 e. The lowest BCUT2D eigenvalue weighted by Gasteiger charge is -2.14. The Labute approximate surface area is 98.1 Å². The first-order chi connectivity index (χ1) is 7.63. The summed E-state index contributed by atoms with van der Waals surface area (Å²) in [6, 6.07) is 0. The maximum absolute atomic E-state index is 13.7. The summed E-state index contributed by atoms with van der Waals surface area (Å²) in [6.07, 6.45) is 6.08. The Balaban J connectivity index is 2.54. The van der Waals surface area contributed by atoms with Crippen molar-refractivity contribution in [2.24, 2.45) is 11.8 Å². The van der Waals surface area contributed by atoms with Gasteiger partial charge in [0.15, 0.2) is 11.6 Å². The van der Waals surface area contributed by atoms with Crippen LogP contribution in [-0.4, -0.2) is 5.78 Å². The fourth-order valence-corrected chi connectivity index (χ4v) is 2.61. The van der Waals surface area contributed by atoms with Crippen LogP contribution in [0.1, 0.15) is 59.3 Å². The zero-order valence-electron chi connectivity index (χ0n) is 10.7. The highest BCUT2D eigenvalue weighted by Crippen LogP contribution is 2.39. The van der Waals surface area contributed by atoms with Crippen LogP contribution in [-0.2, 0) is 4.79 Å². The van der Waals surface area contributed by atoms with E-state index in [1.54, 1.807) is 0 Å². The van der Waals surface area contributed by atoms with Crippen LogP contribution in [0.5, 0.6) is 0 Å². The number of hydrogen-bond donors (Lipinski definition) is 0. The molecule has 0 aliphatic heterocycles. The van der Waals surface area contributed by atoms with Gasteiger partial charge in [0.05, 0.1) is 0 Å². The van der Waals surface area contributed by atoms with Crippen LogP contribution in [0.15, 0.2) is 11.4 Å². The predicted molar refractivity (Wildman–Crippen MR) is 64.8 cm³/mol. The minimum Gasteiger partial charge on any atom is -0.291 e. The smallest absolute Gasteiger partial charge is 0.194 e. The van der Waals surface area contributed by atoms with E-state index in [0.717, 1.165) is 31.3 Å². The number of hydrogen-bond acceptors (Lipinski definition) is 1. The normalized spacial score (nSPS) is 25.6. The molecule has 0 amide bonds. The number of rotatable bonds is 6. The van der Waals surface area contributed by atoms with Crippen molar-refractivity contribution in [2.75, 3.05) is 0 Å². The third-order valence-electron chi connectivity index (χ3n) is 3.73. The Bertz CT molecular complexity index is 280. The van der Waals surface area contributed by atoms with Crippen molar-refractivity contribution in [2.45, 2.75) is 59.3 Å². The quantitative estimate of drug-likeness (QED) is 0.612. The average molecular weight is 226 g/mol. The van der Waals surface area contributed by atoms with Gasteiger partial charge in [0.2, 0.25) is 0 Å². The Morgan fingerprint density at radius 3 is 2.38 bits per heavy atom. The second-order valence-electron chi connectivity index (χ2n) is 4.82. The Kier molecular flexibility index (Phi) is 5.17. The van der Waals surface area contributed by atoms with Crippen LogP contribution in [0.4, 0.5) is 4.39 Å². The van der Waals surface area contributed by atoms with Gasteiger partial charge in [-0.1, -0.05) is 40.0 Å². The van der Waals surface area contributed by atoms with Crippen molar-refractivity contribution in [3.05, 3.63) is 11.4 Å². The molecule has 0 bridgehead atoms. The van der Waals surface area contributed by atoms with E-state index in [1.807, 2.05) is 13.8 Å². The summed E-state index contributed by atoms with van der Waals surface area (Å²) < 4.78 is 13.7. The van der Waals surface area contributed by atoms with Crippen molar-refractivity contribution in [3.63, 3.8) is 0 Å². The van der Waals surface area contributed by atoms with E-state index >= 15 is 0 Å². The number of ketones is 1. The molecule has 0 heterocycles. The fourth-order valence-electron chi connectivity index (χ4n) is 2.61. The SMILES string of the molecule is CCCCCCC1=C(F)C(=O)C(CC)C1C. The molecule has 1 nitrogen and oxygen atoms in total. The molecule has 1 rings (SSSR count). The standard InChI is InChI=1S/C14H23FO/c1-4-6-7-8-9-12-10(3)11(5-2)14(16)13(12)15/h10-11H,4-9H2,1-3H3. The molecule has 0 N–H and O–H groups in total. The van der Waals surface area contributed by atoms with Gasteiger partial charge < -0.3 is 0 Å². The summed E-state index contributed by atoms with van der Waals surface area (Å²) in [5.74, 6) is -0.642. The van der Waals surface area contributed by atoms with Crippen molar-refractivity contribution >= 4 is 5.78 Å². The number of unbranched alkanes of at least 4 members (excludes halogenated alkanes) is 3. The molecule has 1 aliphatic carbocycles. The Morgan fingerprint density at radius 1 is 1.19 bits per heavy atom. The monoisotopic (exact) mass is 226 g/mol. The molecule has 0 fully saturated rings. The number of carbonyl (C=O) groups is 1. The second-order valence-corrected chi connectivity index (χ2v) is 4.82. The molecule has 0 saturated heterocycles. The highest BCUT2D eigenvalue weighted by molar-refractivity contribution is 5.99. The van der Waals surface area contributed by atoms with Crippen LogP contribution >= 0.6 is 0 Å². The highest BCUT2D eigenvalue weighted by Gasteiger charge is 2.37. The zero-order chi connectivity index (χ0) is 12.1. The lowest BCUT2D eigenvalue weighted by Crippen LogP contribution is -2.14. The van der Waals surface area contributed by atoms with Gasteiger partial charge >= 0.3 is 0 Å². The summed E-state index contributed by atoms with van der Waals surface area (Å²) in [4.78, 5) is 11.6. The number of allylic oxidation sites excluding steroid dienone is 2. The van der Waals surface area contributed by atoms with Gasteiger partial charge in [0.25, 0.3) is 0 Å². The molecular formula is C14H23FO. The van der Waals surface area contributed by atoms with Gasteiger partial charge in [-0.25, -0.2) is 4.39 Å². The van der Waals surface area contributed by atoms with Gasteiger partial charge in [-0.3, -0.25) is 4.79 Å². The lowest BCUT2D eigenvalue weighted by molar-refractivity contribution is -0.120. The van der Waals surface area contributed by atoms with Gasteiger partial charge in [-0.15, -0.1) is 0 Å². The summed E-state index contributed by atoms with van der Waals surface area (Å²) in [5, 5.41) is 0. The Morgan fingerprint density at radius 2 is 1.88 bits per heavy atom.